The number of nitrogens with zero attached hydrogens (tertiary/aromatic N) is 3. The summed E-state index contributed by atoms with van der Waals surface area (Å²) < 4.78 is 10.8. The quantitative estimate of drug-likeness (QED) is 0.245. The van der Waals surface area contributed by atoms with Crippen molar-refractivity contribution in [3.63, 3.8) is 0 Å². The molecule has 0 aromatic carbocycles. The SMILES string of the molecule is CCNC(=NCc1c(CC)noc1CC)NCCCN1CCOCC1.I. The molecular formula is C18H34IN5O2. The zero-order chi connectivity index (χ0) is 17.9. The highest BCUT2D eigenvalue weighted by molar-refractivity contribution is 14.0. The van der Waals surface area contributed by atoms with E-state index in [1.54, 1.807) is 0 Å². The molecule has 26 heavy (non-hydrogen) atoms. The minimum Gasteiger partial charge on any atom is -0.379 e. The van der Waals surface area contributed by atoms with Crippen LogP contribution in [-0.4, -0.2) is 62.0 Å². The van der Waals surface area contributed by atoms with E-state index in [0.717, 1.165) is 88.2 Å². The highest BCUT2D eigenvalue weighted by Crippen LogP contribution is 2.16. The average Bonchev–Trinajstić information content (AvgIpc) is 3.06. The van der Waals surface area contributed by atoms with Crippen molar-refractivity contribution < 1.29 is 9.26 Å². The molecule has 150 valence electrons. The molecule has 1 aromatic heterocycles. The minimum atomic E-state index is 0. The Labute approximate surface area is 174 Å². The molecule has 0 spiro atoms. The van der Waals surface area contributed by atoms with E-state index in [0.29, 0.717) is 6.54 Å². The number of morpholine rings is 1. The van der Waals surface area contributed by atoms with Crippen LogP contribution in [0, 0.1) is 0 Å². The van der Waals surface area contributed by atoms with Crippen molar-refractivity contribution in [3.05, 3.63) is 17.0 Å². The second-order valence-electron chi connectivity index (χ2n) is 6.17. The average molecular weight is 479 g/mol. The van der Waals surface area contributed by atoms with Crippen molar-refractivity contribution in [2.45, 2.75) is 46.6 Å². The van der Waals surface area contributed by atoms with E-state index in [-0.39, 0.29) is 24.0 Å². The Bertz CT molecular complexity index is 508. The number of hydrogen-bond donors (Lipinski definition) is 2. The summed E-state index contributed by atoms with van der Waals surface area (Å²) in [5.41, 5.74) is 2.15. The third kappa shape index (κ3) is 7.40. The number of rotatable bonds is 9. The number of guanidine groups is 1. The maximum atomic E-state index is 5.42. The van der Waals surface area contributed by atoms with Crippen LogP contribution < -0.4 is 10.6 Å². The first-order valence-corrected chi connectivity index (χ1v) is 9.57. The van der Waals surface area contributed by atoms with Crippen LogP contribution in [0.3, 0.4) is 0 Å². The van der Waals surface area contributed by atoms with E-state index in [4.69, 9.17) is 14.3 Å². The van der Waals surface area contributed by atoms with Crippen LogP contribution in [0.25, 0.3) is 0 Å². The summed E-state index contributed by atoms with van der Waals surface area (Å²) in [4.78, 5) is 7.17. The molecule has 0 aliphatic carbocycles. The Morgan fingerprint density at radius 3 is 2.58 bits per heavy atom. The number of aromatic nitrogens is 1. The third-order valence-corrected chi connectivity index (χ3v) is 4.39. The Hall–Kier alpha value is -0.870. The minimum absolute atomic E-state index is 0. The van der Waals surface area contributed by atoms with Crippen molar-refractivity contribution in [1.29, 1.82) is 0 Å². The van der Waals surface area contributed by atoms with E-state index < -0.39 is 0 Å². The maximum absolute atomic E-state index is 5.42. The Morgan fingerprint density at radius 1 is 1.15 bits per heavy atom. The smallest absolute Gasteiger partial charge is 0.191 e. The molecule has 0 atom stereocenters. The molecule has 2 rings (SSSR count). The Kier molecular flexibility index (Phi) is 11.9. The van der Waals surface area contributed by atoms with Gasteiger partial charge in [-0.05, 0) is 26.3 Å². The fourth-order valence-electron chi connectivity index (χ4n) is 2.95. The van der Waals surface area contributed by atoms with Crippen molar-refractivity contribution in [3.8, 4) is 0 Å². The summed E-state index contributed by atoms with van der Waals surface area (Å²) in [6.07, 6.45) is 2.82. The molecule has 2 heterocycles. The van der Waals surface area contributed by atoms with E-state index in [2.05, 4.69) is 41.5 Å². The van der Waals surface area contributed by atoms with Crippen molar-refractivity contribution in [1.82, 2.24) is 20.7 Å². The standard InChI is InChI=1S/C18H33N5O2.HI/c1-4-16-15(17(5-2)25-22-16)14-21-18(19-6-3)20-8-7-9-23-10-12-24-13-11-23;/h4-14H2,1-3H3,(H2,19,20,21);1H. The summed E-state index contributed by atoms with van der Waals surface area (Å²) in [6.45, 7) is 13.5. The van der Waals surface area contributed by atoms with Crippen LogP contribution in [0.15, 0.2) is 9.52 Å². The van der Waals surface area contributed by atoms with Crippen LogP contribution in [0.1, 0.15) is 44.2 Å². The Balaban J connectivity index is 0.00000338. The van der Waals surface area contributed by atoms with Gasteiger partial charge in [0.2, 0.25) is 0 Å². The van der Waals surface area contributed by atoms with E-state index in [9.17, 15) is 0 Å². The van der Waals surface area contributed by atoms with Gasteiger partial charge in [0.25, 0.3) is 0 Å². The van der Waals surface area contributed by atoms with Gasteiger partial charge >= 0.3 is 0 Å². The topological polar surface area (TPSA) is 74.9 Å². The van der Waals surface area contributed by atoms with Gasteiger partial charge in [0.1, 0.15) is 5.76 Å². The van der Waals surface area contributed by atoms with E-state index >= 15 is 0 Å². The molecule has 0 bridgehead atoms. The van der Waals surface area contributed by atoms with Gasteiger partial charge in [0.05, 0.1) is 25.5 Å². The monoisotopic (exact) mass is 479 g/mol. The molecule has 0 radical (unpaired) electrons. The molecule has 7 nitrogen and oxygen atoms in total. The molecule has 2 N–H and O–H groups in total. The lowest BCUT2D eigenvalue weighted by Gasteiger charge is -2.26. The van der Waals surface area contributed by atoms with Gasteiger partial charge in [-0.1, -0.05) is 19.0 Å². The zero-order valence-electron chi connectivity index (χ0n) is 16.3. The summed E-state index contributed by atoms with van der Waals surface area (Å²) in [5, 5.41) is 10.9. The van der Waals surface area contributed by atoms with Gasteiger partial charge in [-0.3, -0.25) is 4.90 Å². The fourth-order valence-corrected chi connectivity index (χ4v) is 2.95. The number of ether oxygens (including phenoxy) is 1. The lowest BCUT2D eigenvalue weighted by Crippen LogP contribution is -2.40. The fraction of sp³-hybridized carbons (Fsp3) is 0.778. The molecule has 0 amide bonds. The van der Waals surface area contributed by atoms with Gasteiger partial charge in [0.15, 0.2) is 5.96 Å². The predicted octanol–water partition coefficient (Wildman–Crippen LogP) is 2.19. The van der Waals surface area contributed by atoms with Crippen LogP contribution in [0.4, 0.5) is 0 Å². The molecule has 0 unspecified atom stereocenters. The number of aliphatic imine (C=N–C) groups is 1. The summed E-state index contributed by atoms with van der Waals surface area (Å²) in [6, 6.07) is 0. The molecule has 1 aliphatic rings. The Morgan fingerprint density at radius 2 is 1.92 bits per heavy atom. The maximum Gasteiger partial charge on any atom is 0.191 e. The third-order valence-electron chi connectivity index (χ3n) is 4.39. The normalized spacial score (nSPS) is 15.6. The van der Waals surface area contributed by atoms with Gasteiger partial charge in [0, 0.05) is 38.2 Å². The number of hydrogen-bond acceptors (Lipinski definition) is 5. The van der Waals surface area contributed by atoms with Gasteiger partial charge in [-0.2, -0.15) is 0 Å². The van der Waals surface area contributed by atoms with Crippen LogP contribution in [0.2, 0.25) is 0 Å². The van der Waals surface area contributed by atoms with Crippen molar-refractivity contribution in [2.75, 3.05) is 45.9 Å². The summed E-state index contributed by atoms with van der Waals surface area (Å²) in [7, 11) is 0. The van der Waals surface area contributed by atoms with Gasteiger partial charge < -0.3 is 19.9 Å². The highest BCUT2D eigenvalue weighted by Gasteiger charge is 2.13. The molecule has 0 saturated carbocycles. The van der Waals surface area contributed by atoms with Gasteiger partial charge in [-0.25, -0.2) is 4.99 Å². The van der Waals surface area contributed by atoms with E-state index in [1.807, 2.05) is 0 Å². The van der Waals surface area contributed by atoms with E-state index in [1.165, 1.54) is 0 Å². The highest BCUT2D eigenvalue weighted by atomic mass is 127. The zero-order valence-corrected chi connectivity index (χ0v) is 18.7. The van der Waals surface area contributed by atoms with Crippen molar-refractivity contribution >= 4 is 29.9 Å². The predicted molar refractivity (Wildman–Crippen MR) is 115 cm³/mol. The molecule has 8 heteroatoms. The first kappa shape index (κ1) is 23.2. The lowest BCUT2D eigenvalue weighted by atomic mass is 10.1. The summed E-state index contributed by atoms with van der Waals surface area (Å²) >= 11 is 0. The molecule has 1 fully saturated rings. The first-order chi connectivity index (χ1) is 12.3. The number of nitrogens with one attached hydrogen (secondary N) is 2. The molecule has 1 saturated heterocycles. The lowest BCUT2D eigenvalue weighted by molar-refractivity contribution is 0.0376. The van der Waals surface area contributed by atoms with Crippen LogP contribution >= 0.6 is 24.0 Å². The largest absolute Gasteiger partial charge is 0.379 e. The second-order valence-corrected chi connectivity index (χ2v) is 6.17. The number of halogens is 1. The number of aryl methyl sites for hydroxylation is 2. The molecular weight excluding hydrogens is 445 g/mol. The van der Waals surface area contributed by atoms with Crippen LogP contribution in [0.5, 0.6) is 0 Å². The molecule has 1 aliphatic heterocycles. The molecule has 1 aromatic rings. The first-order valence-electron chi connectivity index (χ1n) is 9.57. The summed E-state index contributed by atoms with van der Waals surface area (Å²) in [5.74, 6) is 1.80. The van der Waals surface area contributed by atoms with Gasteiger partial charge in [-0.15, -0.1) is 24.0 Å². The second kappa shape index (κ2) is 13.3. The van der Waals surface area contributed by atoms with Crippen LogP contribution in [-0.2, 0) is 24.1 Å². The van der Waals surface area contributed by atoms with Crippen molar-refractivity contribution in [2.24, 2.45) is 4.99 Å².